The second-order valence-electron chi connectivity index (χ2n) is 7.98. The fourth-order valence-corrected chi connectivity index (χ4v) is 5.44. The third-order valence-electron chi connectivity index (χ3n) is 6.53. The SMILES string of the molecule is O=C(O)c1ccc2c(c1)Oc1ccccc1C2C1CC2CCC(C1)N2C(=O)O. The van der Waals surface area contributed by atoms with E-state index < -0.39 is 12.1 Å². The highest BCUT2D eigenvalue weighted by Crippen LogP contribution is 2.53. The van der Waals surface area contributed by atoms with Crippen molar-refractivity contribution < 1.29 is 24.5 Å². The van der Waals surface area contributed by atoms with Gasteiger partial charge in [-0.1, -0.05) is 24.3 Å². The lowest BCUT2D eigenvalue weighted by Gasteiger charge is -2.42. The fourth-order valence-electron chi connectivity index (χ4n) is 5.44. The molecule has 2 bridgehead atoms. The Balaban J connectivity index is 1.57. The van der Waals surface area contributed by atoms with Crippen molar-refractivity contribution in [1.82, 2.24) is 4.90 Å². The van der Waals surface area contributed by atoms with Crippen LogP contribution >= 0.6 is 0 Å². The molecule has 2 aromatic carbocycles. The number of amides is 1. The third-order valence-corrected chi connectivity index (χ3v) is 6.53. The number of aromatic carboxylic acids is 1. The van der Waals surface area contributed by atoms with E-state index in [1.165, 1.54) is 0 Å². The molecule has 1 amide bonds. The third kappa shape index (κ3) is 2.55. The molecule has 0 spiro atoms. The van der Waals surface area contributed by atoms with E-state index in [2.05, 4.69) is 6.07 Å². The number of fused-ring (bicyclic) bond motifs is 4. The summed E-state index contributed by atoms with van der Waals surface area (Å²) in [6, 6.07) is 13.1. The lowest BCUT2D eigenvalue weighted by atomic mass is 9.72. The molecule has 3 aliphatic heterocycles. The van der Waals surface area contributed by atoms with Crippen LogP contribution in [0.4, 0.5) is 4.79 Å². The van der Waals surface area contributed by atoms with Crippen molar-refractivity contribution in [1.29, 1.82) is 0 Å². The first-order valence-electron chi connectivity index (χ1n) is 9.68. The van der Waals surface area contributed by atoms with E-state index in [0.29, 0.717) is 11.7 Å². The number of piperidine rings is 1. The average Bonchev–Trinajstić information content (AvgIpc) is 2.96. The normalized spacial score (nSPS) is 27.5. The Morgan fingerprint density at radius 2 is 1.61 bits per heavy atom. The second-order valence-corrected chi connectivity index (χ2v) is 7.98. The smallest absolute Gasteiger partial charge is 0.407 e. The maximum atomic E-state index is 11.6. The van der Waals surface area contributed by atoms with Crippen molar-refractivity contribution in [2.75, 3.05) is 0 Å². The molecular formula is C22H21NO5. The summed E-state index contributed by atoms with van der Waals surface area (Å²) in [7, 11) is 0. The van der Waals surface area contributed by atoms with Crippen LogP contribution in [0.3, 0.4) is 0 Å². The summed E-state index contributed by atoms with van der Waals surface area (Å²) in [4.78, 5) is 24.7. The molecule has 3 atom stereocenters. The summed E-state index contributed by atoms with van der Waals surface area (Å²) in [5.41, 5.74) is 2.31. The van der Waals surface area contributed by atoms with Crippen LogP contribution in [0.2, 0.25) is 0 Å². The van der Waals surface area contributed by atoms with Gasteiger partial charge in [0.25, 0.3) is 0 Å². The molecule has 2 saturated heterocycles. The molecule has 6 heteroatoms. The lowest BCUT2D eigenvalue weighted by molar-refractivity contribution is 0.0696. The molecule has 0 aromatic heterocycles. The molecule has 0 radical (unpaired) electrons. The van der Waals surface area contributed by atoms with Crippen LogP contribution < -0.4 is 4.74 Å². The zero-order valence-electron chi connectivity index (χ0n) is 15.2. The molecule has 3 heterocycles. The fraction of sp³-hybridized carbons (Fsp3) is 0.364. The van der Waals surface area contributed by atoms with Gasteiger partial charge in [-0.25, -0.2) is 9.59 Å². The van der Waals surface area contributed by atoms with Crippen LogP contribution in [0.15, 0.2) is 42.5 Å². The highest BCUT2D eigenvalue weighted by molar-refractivity contribution is 5.88. The Labute approximate surface area is 162 Å². The number of rotatable bonds is 2. The first kappa shape index (κ1) is 17.1. The Bertz CT molecular complexity index is 957. The maximum absolute atomic E-state index is 11.6. The van der Waals surface area contributed by atoms with Gasteiger partial charge in [-0.3, -0.25) is 0 Å². The molecule has 2 N–H and O–H groups in total. The number of carboxylic acids is 1. The van der Waals surface area contributed by atoms with Crippen molar-refractivity contribution in [2.45, 2.75) is 43.7 Å². The quantitative estimate of drug-likeness (QED) is 0.800. The minimum absolute atomic E-state index is 0.0676. The summed E-state index contributed by atoms with van der Waals surface area (Å²) in [5.74, 6) is 0.760. The van der Waals surface area contributed by atoms with Gasteiger partial charge in [-0.15, -0.1) is 0 Å². The summed E-state index contributed by atoms with van der Waals surface area (Å²) in [6.45, 7) is 0. The van der Waals surface area contributed by atoms with Crippen LogP contribution in [-0.4, -0.2) is 39.3 Å². The van der Waals surface area contributed by atoms with Crippen molar-refractivity contribution in [3.8, 4) is 11.5 Å². The highest BCUT2D eigenvalue weighted by Gasteiger charge is 2.47. The van der Waals surface area contributed by atoms with E-state index in [1.807, 2.05) is 24.3 Å². The number of hydrogen-bond acceptors (Lipinski definition) is 3. The Kier molecular flexibility index (Phi) is 3.82. The van der Waals surface area contributed by atoms with Gasteiger partial charge in [0.1, 0.15) is 11.5 Å². The number of ether oxygens (including phenoxy) is 1. The molecule has 28 heavy (non-hydrogen) atoms. The van der Waals surface area contributed by atoms with Gasteiger partial charge in [0, 0.05) is 29.1 Å². The van der Waals surface area contributed by atoms with Gasteiger partial charge in [-0.05, 0) is 49.8 Å². The lowest BCUT2D eigenvalue weighted by Crippen LogP contribution is -2.47. The molecule has 2 fully saturated rings. The average molecular weight is 379 g/mol. The molecule has 6 nitrogen and oxygen atoms in total. The topological polar surface area (TPSA) is 87.1 Å². The Hall–Kier alpha value is -3.02. The summed E-state index contributed by atoms with van der Waals surface area (Å²) < 4.78 is 6.05. The van der Waals surface area contributed by atoms with Crippen molar-refractivity contribution in [3.63, 3.8) is 0 Å². The molecule has 5 rings (SSSR count). The summed E-state index contributed by atoms with van der Waals surface area (Å²) in [6.07, 6.45) is 2.67. The standard InChI is InChI=1S/C22H21NO5/c24-21(25)12-5-8-17-19(11-12)28-18-4-2-1-3-16(18)20(17)13-9-14-6-7-15(10-13)23(14)22(26)27/h1-5,8,11,13-15,20H,6-7,9-10H2,(H,24,25)(H,26,27). The van der Waals surface area contributed by atoms with Gasteiger partial charge in [0.05, 0.1) is 5.56 Å². The minimum atomic E-state index is -0.977. The van der Waals surface area contributed by atoms with Crippen molar-refractivity contribution >= 4 is 12.1 Å². The van der Waals surface area contributed by atoms with Gasteiger partial charge in [0.2, 0.25) is 0 Å². The first-order valence-corrected chi connectivity index (χ1v) is 9.68. The largest absolute Gasteiger partial charge is 0.478 e. The molecule has 0 aliphatic carbocycles. The number of carbonyl (C=O) groups is 2. The first-order chi connectivity index (χ1) is 13.5. The van der Waals surface area contributed by atoms with Crippen LogP contribution in [0.1, 0.15) is 53.1 Å². The number of hydrogen-bond donors (Lipinski definition) is 2. The molecule has 3 unspecified atom stereocenters. The van der Waals surface area contributed by atoms with Crippen LogP contribution in [0, 0.1) is 5.92 Å². The zero-order valence-corrected chi connectivity index (χ0v) is 15.2. The maximum Gasteiger partial charge on any atom is 0.407 e. The minimum Gasteiger partial charge on any atom is -0.478 e. The predicted molar refractivity (Wildman–Crippen MR) is 101 cm³/mol. The molecule has 3 aliphatic rings. The number of para-hydroxylation sites is 1. The van der Waals surface area contributed by atoms with E-state index in [-0.39, 0.29) is 23.6 Å². The van der Waals surface area contributed by atoms with E-state index in [9.17, 15) is 19.8 Å². The summed E-state index contributed by atoms with van der Waals surface area (Å²) >= 11 is 0. The van der Waals surface area contributed by atoms with Gasteiger partial charge in [-0.2, -0.15) is 0 Å². The molecule has 2 aromatic rings. The van der Waals surface area contributed by atoms with Gasteiger partial charge >= 0.3 is 12.1 Å². The van der Waals surface area contributed by atoms with Crippen LogP contribution in [0.5, 0.6) is 11.5 Å². The molecule has 0 saturated carbocycles. The van der Waals surface area contributed by atoms with Crippen LogP contribution in [0.25, 0.3) is 0 Å². The number of benzene rings is 2. The summed E-state index contributed by atoms with van der Waals surface area (Å²) in [5, 5.41) is 18.9. The van der Waals surface area contributed by atoms with E-state index >= 15 is 0 Å². The zero-order chi connectivity index (χ0) is 19.4. The monoisotopic (exact) mass is 379 g/mol. The van der Waals surface area contributed by atoms with Crippen LogP contribution in [-0.2, 0) is 0 Å². The molecule has 144 valence electrons. The predicted octanol–water partition coefficient (Wildman–Crippen LogP) is 4.54. The van der Waals surface area contributed by atoms with E-state index in [4.69, 9.17) is 4.74 Å². The van der Waals surface area contributed by atoms with Crippen molar-refractivity contribution in [3.05, 3.63) is 59.2 Å². The van der Waals surface area contributed by atoms with Gasteiger partial charge in [0.15, 0.2) is 0 Å². The number of carboxylic acid groups (broad SMARTS) is 2. The molecular weight excluding hydrogens is 358 g/mol. The number of nitrogens with zero attached hydrogens (tertiary/aromatic N) is 1. The Morgan fingerprint density at radius 3 is 2.29 bits per heavy atom. The second kappa shape index (κ2) is 6.26. The van der Waals surface area contributed by atoms with E-state index in [0.717, 1.165) is 42.6 Å². The Morgan fingerprint density at radius 1 is 0.929 bits per heavy atom. The van der Waals surface area contributed by atoms with Crippen molar-refractivity contribution in [2.24, 2.45) is 5.92 Å². The van der Waals surface area contributed by atoms with Gasteiger partial charge < -0.3 is 19.8 Å². The van der Waals surface area contributed by atoms with E-state index in [1.54, 1.807) is 17.0 Å². The highest BCUT2D eigenvalue weighted by atomic mass is 16.5.